The van der Waals surface area contributed by atoms with Crippen LogP contribution in [0, 0.1) is 16.0 Å². The molecule has 1 N–H and O–H groups in total. The highest BCUT2D eigenvalue weighted by atomic mass is 35.5. The first kappa shape index (κ1) is 20.4. The van der Waals surface area contributed by atoms with Gasteiger partial charge in [0.15, 0.2) is 0 Å². The van der Waals surface area contributed by atoms with Crippen molar-refractivity contribution in [3.05, 3.63) is 74.8 Å². The van der Waals surface area contributed by atoms with Gasteiger partial charge in [0, 0.05) is 22.7 Å². The zero-order chi connectivity index (χ0) is 20.0. The van der Waals surface area contributed by atoms with E-state index in [0.29, 0.717) is 16.1 Å². The minimum Gasteiger partial charge on any atom is -0.459 e. The molecule has 0 aliphatic carbocycles. The van der Waals surface area contributed by atoms with Crippen molar-refractivity contribution in [1.82, 2.24) is 5.32 Å². The Hall–Kier alpha value is -2.93. The van der Waals surface area contributed by atoms with Crippen molar-refractivity contribution in [2.24, 2.45) is 5.92 Å². The van der Waals surface area contributed by atoms with Crippen LogP contribution in [-0.2, 0) is 16.1 Å². The number of benzene rings is 2. The number of rotatable bonds is 7. The minimum absolute atomic E-state index is 0.0413. The standard InChI is InChI=1S/C19H19ClN2O5/c1-12(2)17(21-18(23)14-5-7-15(20)8-6-14)19(24)27-11-13-3-9-16(10-4-13)22(25)26/h3-10,12,17H,11H2,1-2H3,(H,21,23). The van der Waals surface area contributed by atoms with E-state index in [0.717, 1.165) is 0 Å². The van der Waals surface area contributed by atoms with E-state index in [1.807, 2.05) is 0 Å². The van der Waals surface area contributed by atoms with Crippen LogP contribution in [0.3, 0.4) is 0 Å². The zero-order valence-electron chi connectivity index (χ0n) is 14.8. The van der Waals surface area contributed by atoms with Crippen LogP contribution < -0.4 is 5.32 Å². The molecule has 1 atom stereocenters. The number of hydrogen-bond donors (Lipinski definition) is 1. The Morgan fingerprint density at radius 2 is 1.70 bits per heavy atom. The van der Waals surface area contributed by atoms with Crippen molar-refractivity contribution in [3.8, 4) is 0 Å². The predicted molar refractivity (Wildman–Crippen MR) is 100 cm³/mol. The maximum absolute atomic E-state index is 12.4. The Bertz CT molecular complexity index is 819. The van der Waals surface area contributed by atoms with Crippen LogP contribution in [-0.4, -0.2) is 22.8 Å². The van der Waals surface area contributed by atoms with Crippen molar-refractivity contribution in [3.63, 3.8) is 0 Å². The third-order valence-electron chi connectivity index (χ3n) is 3.84. The molecule has 2 aromatic rings. The molecule has 1 unspecified atom stereocenters. The Kier molecular flexibility index (Phi) is 6.90. The van der Waals surface area contributed by atoms with E-state index in [2.05, 4.69) is 5.32 Å². The van der Waals surface area contributed by atoms with E-state index in [-0.39, 0.29) is 18.2 Å². The topological polar surface area (TPSA) is 98.5 Å². The molecule has 0 aromatic heterocycles. The fraction of sp³-hybridized carbons (Fsp3) is 0.263. The molecule has 0 heterocycles. The third kappa shape index (κ3) is 5.79. The minimum atomic E-state index is -0.828. The molecule has 0 bridgehead atoms. The number of ether oxygens (including phenoxy) is 1. The Labute approximate surface area is 161 Å². The summed E-state index contributed by atoms with van der Waals surface area (Å²) in [5.74, 6) is -1.17. The van der Waals surface area contributed by atoms with E-state index >= 15 is 0 Å². The molecule has 142 valence electrons. The van der Waals surface area contributed by atoms with Crippen LogP contribution >= 0.6 is 11.6 Å². The molecule has 2 rings (SSSR count). The molecule has 1 amide bonds. The van der Waals surface area contributed by atoms with Crippen molar-refractivity contribution >= 4 is 29.2 Å². The first-order valence-electron chi connectivity index (χ1n) is 8.24. The van der Waals surface area contributed by atoms with Gasteiger partial charge < -0.3 is 10.1 Å². The summed E-state index contributed by atoms with van der Waals surface area (Å²) >= 11 is 5.81. The number of esters is 1. The second-order valence-electron chi connectivity index (χ2n) is 6.23. The van der Waals surface area contributed by atoms with Gasteiger partial charge >= 0.3 is 5.97 Å². The maximum atomic E-state index is 12.4. The van der Waals surface area contributed by atoms with Crippen LogP contribution in [0.15, 0.2) is 48.5 Å². The lowest BCUT2D eigenvalue weighted by atomic mass is 10.0. The number of nitro groups is 1. The van der Waals surface area contributed by atoms with Gasteiger partial charge in [-0.2, -0.15) is 0 Å². The Balaban J connectivity index is 1.98. The van der Waals surface area contributed by atoms with Gasteiger partial charge in [-0.05, 0) is 47.9 Å². The highest BCUT2D eigenvalue weighted by Gasteiger charge is 2.26. The summed E-state index contributed by atoms with van der Waals surface area (Å²) < 4.78 is 5.26. The van der Waals surface area contributed by atoms with Gasteiger partial charge in [0.25, 0.3) is 11.6 Å². The van der Waals surface area contributed by atoms with Crippen molar-refractivity contribution in [2.75, 3.05) is 0 Å². The normalized spacial score (nSPS) is 11.7. The fourth-order valence-corrected chi connectivity index (χ4v) is 2.41. The molecule has 27 heavy (non-hydrogen) atoms. The number of carbonyl (C=O) groups excluding carboxylic acids is 2. The molecule has 7 nitrogen and oxygen atoms in total. The van der Waals surface area contributed by atoms with Crippen molar-refractivity contribution < 1.29 is 19.2 Å². The van der Waals surface area contributed by atoms with Crippen LogP contribution in [0.5, 0.6) is 0 Å². The third-order valence-corrected chi connectivity index (χ3v) is 4.09. The molecule has 8 heteroatoms. The lowest BCUT2D eigenvalue weighted by Crippen LogP contribution is -2.45. The van der Waals surface area contributed by atoms with Gasteiger partial charge in [-0.3, -0.25) is 14.9 Å². The van der Waals surface area contributed by atoms with E-state index in [1.165, 1.54) is 24.3 Å². The summed E-state index contributed by atoms with van der Waals surface area (Å²) in [4.78, 5) is 34.9. The van der Waals surface area contributed by atoms with Crippen molar-refractivity contribution in [2.45, 2.75) is 26.5 Å². The summed E-state index contributed by atoms with van der Waals surface area (Å²) in [6.45, 7) is 3.54. The lowest BCUT2D eigenvalue weighted by molar-refractivity contribution is -0.384. The van der Waals surface area contributed by atoms with Crippen LogP contribution in [0.4, 0.5) is 5.69 Å². The Morgan fingerprint density at radius 1 is 1.11 bits per heavy atom. The Morgan fingerprint density at radius 3 is 2.22 bits per heavy atom. The molecular formula is C19H19ClN2O5. The first-order valence-corrected chi connectivity index (χ1v) is 8.62. The molecule has 0 radical (unpaired) electrons. The second kappa shape index (κ2) is 9.14. The van der Waals surface area contributed by atoms with Crippen LogP contribution in [0.25, 0.3) is 0 Å². The predicted octanol–water partition coefficient (Wildman–Crippen LogP) is 3.75. The largest absolute Gasteiger partial charge is 0.459 e. The molecule has 0 saturated heterocycles. The van der Waals surface area contributed by atoms with Crippen LogP contribution in [0.2, 0.25) is 5.02 Å². The van der Waals surface area contributed by atoms with E-state index in [1.54, 1.807) is 38.1 Å². The van der Waals surface area contributed by atoms with E-state index < -0.39 is 22.8 Å². The van der Waals surface area contributed by atoms with Gasteiger partial charge in [0.05, 0.1) is 4.92 Å². The number of carbonyl (C=O) groups is 2. The summed E-state index contributed by atoms with van der Waals surface area (Å²) in [6, 6.07) is 11.2. The van der Waals surface area contributed by atoms with Crippen molar-refractivity contribution in [1.29, 1.82) is 0 Å². The smallest absolute Gasteiger partial charge is 0.329 e. The number of nitrogens with zero attached hydrogens (tertiary/aromatic N) is 1. The molecular weight excluding hydrogens is 372 g/mol. The summed E-state index contributed by atoms with van der Waals surface area (Å²) in [7, 11) is 0. The summed E-state index contributed by atoms with van der Waals surface area (Å²) in [5.41, 5.74) is 0.953. The number of nitrogens with one attached hydrogen (secondary N) is 1. The maximum Gasteiger partial charge on any atom is 0.329 e. The second-order valence-corrected chi connectivity index (χ2v) is 6.67. The highest BCUT2D eigenvalue weighted by Crippen LogP contribution is 2.14. The fourth-order valence-electron chi connectivity index (χ4n) is 2.28. The quantitative estimate of drug-likeness (QED) is 0.441. The highest BCUT2D eigenvalue weighted by molar-refractivity contribution is 6.30. The van der Waals surface area contributed by atoms with Gasteiger partial charge in [-0.1, -0.05) is 25.4 Å². The van der Waals surface area contributed by atoms with Crippen LogP contribution in [0.1, 0.15) is 29.8 Å². The SMILES string of the molecule is CC(C)C(NC(=O)c1ccc(Cl)cc1)C(=O)OCc1ccc([N+](=O)[O-])cc1. The number of halogens is 1. The van der Waals surface area contributed by atoms with Gasteiger partial charge in [0.2, 0.25) is 0 Å². The van der Waals surface area contributed by atoms with Gasteiger partial charge in [0.1, 0.15) is 12.6 Å². The molecule has 0 spiro atoms. The molecule has 2 aromatic carbocycles. The molecule has 0 aliphatic rings. The van der Waals surface area contributed by atoms with E-state index in [4.69, 9.17) is 16.3 Å². The number of hydrogen-bond acceptors (Lipinski definition) is 5. The number of amides is 1. The monoisotopic (exact) mass is 390 g/mol. The summed E-state index contributed by atoms with van der Waals surface area (Å²) in [5, 5.41) is 13.8. The first-order chi connectivity index (χ1) is 12.8. The lowest BCUT2D eigenvalue weighted by Gasteiger charge is -2.21. The zero-order valence-corrected chi connectivity index (χ0v) is 15.6. The molecule has 0 aliphatic heterocycles. The average Bonchev–Trinajstić information content (AvgIpc) is 2.64. The summed E-state index contributed by atoms with van der Waals surface area (Å²) in [6.07, 6.45) is 0. The molecule has 0 saturated carbocycles. The number of nitro benzene ring substituents is 1. The molecule has 0 fully saturated rings. The number of non-ortho nitro benzene ring substituents is 1. The van der Waals surface area contributed by atoms with Gasteiger partial charge in [-0.15, -0.1) is 0 Å². The van der Waals surface area contributed by atoms with Gasteiger partial charge in [-0.25, -0.2) is 4.79 Å². The van der Waals surface area contributed by atoms with E-state index in [9.17, 15) is 19.7 Å². The average molecular weight is 391 g/mol.